The van der Waals surface area contributed by atoms with Crippen molar-refractivity contribution in [1.82, 2.24) is 0 Å². The first kappa shape index (κ1) is 26.2. The van der Waals surface area contributed by atoms with Crippen LogP contribution in [0.2, 0.25) is 0 Å². The van der Waals surface area contributed by atoms with Gasteiger partial charge in [-0.1, -0.05) is 99.1 Å². The van der Waals surface area contributed by atoms with Gasteiger partial charge in [-0.2, -0.15) is 0 Å². The van der Waals surface area contributed by atoms with Gasteiger partial charge in [-0.25, -0.2) is 0 Å². The van der Waals surface area contributed by atoms with Gasteiger partial charge in [0.2, 0.25) is 0 Å². The van der Waals surface area contributed by atoms with Crippen LogP contribution in [0.15, 0.2) is 42.5 Å². The van der Waals surface area contributed by atoms with Crippen LogP contribution in [0.1, 0.15) is 106 Å². The Morgan fingerprint density at radius 3 is 1.88 bits per heavy atom. The van der Waals surface area contributed by atoms with E-state index in [4.69, 9.17) is 4.85 Å². The average Bonchev–Trinajstić information content (AvgIpc) is 2.75. The van der Waals surface area contributed by atoms with Gasteiger partial charge in [0.25, 0.3) is 6.07 Å². The second-order valence-corrected chi connectivity index (χ2v) is 11.8. The van der Waals surface area contributed by atoms with Crippen LogP contribution in [0.5, 0.6) is 0 Å². The molecule has 0 spiro atoms. The minimum Gasteiger partial charge on any atom is -0.0637 e. The minimum absolute atomic E-state index is 0.00655. The zero-order valence-corrected chi connectivity index (χ0v) is 22.4. The van der Waals surface area contributed by atoms with Gasteiger partial charge in [0, 0.05) is 11.1 Å². The predicted octanol–water partition coefficient (Wildman–Crippen LogP) is 10.2. The predicted molar refractivity (Wildman–Crippen MR) is 143 cm³/mol. The molecule has 0 radical (unpaired) electrons. The fourth-order valence-corrected chi connectivity index (χ4v) is 4.02. The molecule has 0 saturated heterocycles. The molecular formula is C31H46N+. The molecule has 0 aromatic heterocycles. The Bertz CT molecular complexity index is 942. The third-order valence-corrected chi connectivity index (χ3v) is 7.10. The van der Waals surface area contributed by atoms with Crippen molar-refractivity contribution in [3.05, 3.63) is 58.4 Å². The summed E-state index contributed by atoms with van der Waals surface area (Å²) >= 11 is 0. The van der Waals surface area contributed by atoms with Crippen LogP contribution in [0.4, 0.5) is 5.69 Å². The molecule has 0 aliphatic heterocycles. The molecule has 0 N–H and O–H groups in total. The smallest absolute Gasteiger partial charge is 0.0637 e. The first-order chi connectivity index (χ1) is 14.8. The molecule has 32 heavy (non-hydrogen) atoms. The molecule has 1 heteroatoms. The summed E-state index contributed by atoms with van der Waals surface area (Å²) in [7, 11) is 0. The Morgan fingerprint density at radius 1 is 0.812 bits per heavy atom. The van der Waals surface area contributed by atoms with E-state index in [1.54, 1.807) is 0 Å². The maximum atomic E-state index is 5.16. The van der Waals surface area contributed by atoms with E-state index < -0.39 is 0 Å². The van der Waals surface area contributed by atoms with Crippen LogP contribution in [0, 0.1) is 17.4 Å². The van der Waals surface area contributed by atoms with Crippen molar-refractivity contribution in [3.8, 4) is 17.2 Å². The summed E-state index contributed by atoms with van der Waals surface area (Å²) in [4.78, 5) is 5.16. The van der Waals surface area contributed by atoms with Crippen LogP contribution < -0.4 is 0 Å². The van der Waals surface area contributed by atoms with Gasteiger partial charge < -0.3 is 0 Å². The second kappa shape index (κ2) is 10.2. The van der Waals surface area contributed by atoms with Crippen LogP contribution in [0.3, 0.4) is 0 Å². The van der Waals surface area contributed by atoms with Gasteiger partial charge in [0.15, 0.2) is 0 Å². The maximum absolute atomic E-state index is 5.16. The Kier molecular flexibility index (Phi) is 8.38. The summed E-state index contributed by atoms with van der Waals surface area (Å²) < 4.78 is 0. The molecule has 0 amide bonds. The highest BCUT2D eigenvalue weighted by Gasteiger charge is 2.36. The lowest BCUT2D eigenvalue weighted by molar-refractivity contribution is 0.413. The number of hydrogen-bond donors (Lipinski definition) is 0. The molecule has 2 aromatic rings. The number of benzene rings is 2. The van der Waals surface area contributed by atoms with Gasteiger partial charge in [-0.05, 0) is 71.0 Å². The lowest BCUT2D eigenvalue weighted by Crippen LogP contribution is -2.21. The average molecular weight is 433 g/mol. The molecule has 174 valence electrons. The molecule has 1 nitrogen and oxygen atoms in total. The summed E-state index contributed by atoms with van der Waals surface area (Å²) in [6, 6.07) is 19.1. The van der Waals surface area contributed by atoms with E-state index in [1.165, 1.54) is 28.7 Å². The Balaban J connectivity index is 2.85. The van der Waals surface area contributed by atoms with Gasteiger partial charge in [-0.15, -0.1) is 0 Å². The van der Waals surface area contributed by atoms with Crippen LogP contribution >= 0.6 is 0 Å². The molecule has 0 atom stereocenters. The molecule has 0 saturated carbocycles. The fraction of sp³-hybridized carbons (Fsp3) is 0.581. The van der Waals surface area contributed by atoms with E-state index in [1.807, 2.05) is 0 Å². The van der Waals surface area contributed by atoms with E-state index >= 15 is 0 Å². The SMILES string of the molecule is CCC(C)(C#[N+]c1c(C(C)(C)C)cc(-c2ccccc2)cc1C(C)(C)CCC(C)C)CC. The van der Waals surface area contributed by atoms with Crippen molar-refractivity contribution < 1.29 is 0 Å². The molecule has 0 aliphatic rings. The highest BCUT2D eigenvalue weighted by Crippen LogP contribution is 2.45. The molecule has 2 rings (SSSR count). The van der Waals surface area contributed by atoms with Crippen LogP contribution in [-0.2, 0) is 10.8 Å². The van der Waals surface area contributed by atoms with Crippen molar-refractivity contribution >= 4 is 5.69 Å². The largest absolute Gasteiger partial charge is 0.347 e. The highest BCUT2D eigenvalue weighted by atomic mass is 14.7. The van der Waals surface area contributed by atoms with Gasteiger partial charge in [0.05, 0.1) is 0 Å². The third kappa shape index (κ3) is 6.48. The van der Waals surface area contributed by atoms with E-state index in [0.29, 0.717) is 5.92 Å². The summed E-state index contributed by atoms with van der Waals surface area (Å²) in [5, 5.41) is 0. The molecule has 0 heterocycles. The molecule has 0 bridgehead atoms. The molecular weight excluding hydrogens is 386 g/mol. The van der Waals surface area contributed by atoms with E-state index in [9.17, 15) is 0 Å². The number of rotatable bonds is 7. The van der Waals surface area contributed by atoms with E-state index in [-0.39, 0.29) is 16.2 Å². The van der Waals surface area contributed by atoms with E-state index in [2.05, 4.69) is 118 Å². The first-order valence-electron chi connectivity index (χ1n) is 12.6. The maximum Gasteiger partial charge on any atom is 0.347 e. The summed E-state index contributed by atoms with van der Waals surface area (Å²) in [6.45, 7) is 23.1. The zero-order chi connectivity index (χ0) is 24.2. The molecule has 0 fully saturated rings. The monoisotopic (exact) mass is 432 g/mol. The zero-order valence-electron chi connectivity index (χ0n) is 22.4. The van der Waals surface area contributed by atoms with Crippen molar-refractivity contribution in [1.29, 1.82) is 0 Å². The van der Waals surface area contributed by atoms with Crippen molar-refractivity contribution in [3.63, 3.8) is 0 Å². The second-order valence-electron chi connectivity index (χ2n) is 11.8. The van der Waals surface area contributed by atoms with Gasteiger partial charge in [0.1, 0.15) is 5.41 Å². The third-order valence-electron chi connectivity index (χ3n) is 7.10. The Morgan fingerprint density at radius 2 is 1.38 bits per heavy atom. The first-order valence-corrected chi connectivity index (χ1v) is 12.6. The normalized spacial score (nSPS) is 12.6. The molecule has 0 unspecified atom stereocenters. The Hall–Kier alpha value is -2.07. The molecule has 2 aromatic carbocycles. The van der Waals surface area contributed by atoms with Crippen LogP contribution in [0.25, 0.3) is 16.0 Å². The molecule has 0 aliphatic carbocycles. The van der Waals surface area contributed by atoms with Crippen molar-refractivity contribution in [2.24, 2.45) is 11.3 Å². The highest BCUT2D eigenvalue weighted by molar-refractivity contribution is 5.74. The van der Waals surface area contributed by atoms with Gasteiger partial charge >= 0.3 is 5.69 Å². The lowest BCUT2D eigenvalue weighted by Gasteiger charge is -2.28. The van der Waals surface area contributed by atoms with Crippen LogP contribution in [-0.4, -0.2) is 0 Å². The topological polar surface area (TPSA) is 4.36 Å². The fourth-order valence-electron chi connectivity index (χ4n) is 4.02. The summed E-state index contributed by atoms with van der Waals surface area (Å²) in [6.07, 6.45) is 4.45. The number of hydrogen-bond acceptors (Lipinski definition) is 0. The standard InChI is InChI=1S/C31H46N/c1-11-31(10,12-2)22-32-28-26(29(5,6)7)20-25(24-16-14-13-15-17-24)21-27(28)30(8,9)19-18-23(3)4/h13-17,20-21,23H,11-12,18-19H2,1-10H3/q+1. The minimum atomic E-state index is -0.0109. The van der Waals surface area contributed by atoms with Gasteiger partial charge in [-0.3, -0.25) is 0 Å². The quantitative estimate of drug-likeness (QED) is 0.410. The summed E-state index contributed by atoms with van der Waals surface area (Å²) in [5.74, 6) is 0.690. The summed E-state index contributed by atoms with van der Waals surface area (Å²) in [5.41, 5.74) is 6.39. The van der Waals surface area contributed by atoms with E-state index in [0.717, 1.165) is 24.9 Å². The van der Waals surface area contributed by atoms with Crippen molar-refractivity contribution in [2.75, 3.05) is 0 Å². The van der Waals surface area contributed by atoms with Crippen molar-refractivity contribution in [2.45, 2.75) is 106 Å². The Labute approximate surface area is 198 Å². The lowest BCUT2D eigenvalue weighted by atomic mass is 9.73. The number of nitrogens with zero attached hydrogens (tertiary/aromatic N) is 1.